The Morgan fingerprint density at radius 1 is 1.45 bits per heavy atom. The standard InChI is InChI=1S/C15H20BrNO3/c1-11-10-12(2-3-14(11)18)15(19)17-7-4-13(5-8-17)20-9-6-16/h2-3,10,13,18H,4-9H2,1H3. The fraction of sp³-hybridized carbons (Fsp3) is 0.533. The number of hydrogen-bond donors (Lipinski definition) is 1. The number of likely N-dealkylation sites (tertiary alicyclic amines) is 1. The molecule has 0 bridgehead atoms. The molecule has 1 aromatic rings. The number of benzene rings is 1. The number of carbonyl (C=O) groups excluding carboxylic acids is 1. The number of amides is 1. The van der Waals surface area contributed by atoms with Crippen molar-refractivity contribution in [2.24, 2.45) is 0 Å². The number of alkyl halides is 1. The van der Waals surface area contributed by atoms with E-state index in [0.29, 0.717) is 5.56 Å². The first-order chi connectivity index (χ1) is 9.61. The molecule has 1 fully saturated rings. The molecule has 1 aliphatic rings. The summed E-state index contributed by atoms with van der Waals surface area (Å²) in [6.45, 7) is 3.97. The highest BCUT2D eigenvalue weighted by Gasteiger charge is 2.24. The molecule has 1 amide bonds. The van der Waals surface area contributed by atoms with E-state index in [1.165, 1.54) is 0 Å². The fourth-order valence-corrected chi connectivity index (χ4v) is 2.59. The Bertz CT molecular complexity index is 470. The van der Waals surface area contributed by atoms with Crippen LogP contribution in [0.2, 0.25) is 0 Å². The number of phenols is 1. The monoisotopic (exact) mass is 341 g/mol. The van der Waals surface area contributed by atoms with Crippen LogP contribution in [0.1, 0.15) is 28.8 Å². The Hall–Kier alpha value is -1.07. The molecule has 0 spiro atoms. The highest BCUT2D eigenvalue weighted by molar-refractivity contribution is 9.09. The van der Waals surface area contributed by atoms with E-state index in [1.54, 1.807) is 25.1 Å². The summed E-state index contributed by atoms with van der Waals surface area (Å²) in [7, 11) is 0. The maximum Gasteiger partial charge on any atom is 0.253 e. The van der Waals surface area contributed by atoms with Gasteiger partial charge in [-0.2, -0.15) is 0 Å². The SMILES string of the molecule is Cc1cc(C(=O)N2CCC(OCCBr)CC2)ccc1O. The molecule has 0 unspecified atom stereocenters. The molecule has 0 radical (unpaired) electrons. The molecule has 1 N–H and O–H groups in total. The summed E-state index contributed by atoms with van der Waals surface area (Å²) in [4.78, 5) is 14.2. The van der Waals surface area contributed by atoms with E-state index >= 15 is 0 Å². The van der Waals surface area contributed by atoms with Crippen molar-refractivity contribution in [3.8, 4) is 5.75 Å². The van der Waals surface area contributed by atoms with Crippen molar-refractivity contribution in [2.45, 2.75) is 25.9 Å². The fourth-order valence-electron chi connectivity index (χ4n) is 2.41. The van der Waals surface area contributed by atoms with Crippen LogP contribution in [0, 0.1) is 6.92 Å². The van der Waals surface area contributed by atoms with Crippen LogP contribution in [0.5, 0.6) is 5.75 Å². The summed E-state index contributed by atoms with van der Waals surface area (Å²) < 4.78 is 5.68. The van der Waals surface area contributed by atoms with Crippen LogP contribution >= 0.6 is 15.9 Å². The van der Waals surface area contributed by atoms with E-state index in [9.17, 15) is 9.90 Å². The van der Waals surface area contributed by atoms with Crippen molar-refractivity contribution >= 4 is 21.8 Å². The Balaban J connectivity index is 1.92. The van der Waals surface area contributed by atoms with Gasteiger partial charge in [0.1, 0.15) is 5.75 Å². The predicted molar refractivity (Wildman–Crippen MR) is 81.5 cm³/mol. The third kappa shape index (κ3) is 3.73. The van der Waals surface area contributed by atoms with Gasteiger partial charge in [-0.1, -0.05) is 15.9 Å². The van der Waals surface area contributed by atoms with Crippen LogP contribution in [-0.4, -0.2) is 47.0 Å². The smallest absolute Gasteiger partial charge is 0.253 e. The van der Waals surface area contributed by atoms with Gasteiger partial charge in [0.2, 0.25) is 0 Å². The number of aromatic hydroxyl groups is 1. The zero-order chi connectivity index (χ0) is 14.5. The molecule has 0 aliphatic carbocycles. The lowest BCUT2D eigenvalue weighted by Crippen LogP contribution is -2.41. The maximum absolute atomic E-state index is 12.4. The molecule has 0 saturated carbocycles. The lowest BCUT2D eigenvalue weighted by atomic mass is 10.0. The number of halogens is 1. The second-order valence-electron chi connectivity index (χ2n) is 5.05. The number of nitrogens with zero attached hydrogens (tertiary/aromatic N) is 1. The number of phenolic OH excluding ortho intramolecular Hbond substituents is 1. The van der Waals surface area contributed by atoms with Crippen LogP contribution in [0.4, 0.5) is 0 Å². The molecule has 0 aromatic heterocycles. The van der Waals surface area contributed by atoms with Crippen molar-refractivity contribution in [1.29, 1.82) is 0 Å². The third-order valence-corrected chi connectivity index (χ3v) is 3.93. The van der Waals surface area contributed by atoms with Crippen LogP contribution in [0.25, 0.3) is 0 Å². The zero-order valence-corrected chi connectivity index (χ0v) is 13.2. The molecule has 4 nitrogen and oxygen atoms in total. The topological polar surface area (TPSA) is 49.8 Å². The molecule has 1 saturated heterocycles. The van der Waals surface area contributed by atoms with Gasteiger partial charge in [-0.15, -0.1) is 0 Å². The molecule has 110 valence electrons. The summed E-state index contributed by atoms with van der Waals surface area (Å²) in [6, 6.07) is 5.00. The Kier molecular flexibility index (Phi) is 5.43. The zero-order valence-electron chi connectivity index (χ0n) is 11.6. The minimum atomic E-state index is 0.0343. The minimum absolute atomic E-state index is 0.0343. The summed E-state index contributed by atoms with van der Waals surface area (Å²) in [5.74, 6) is 0.260. The highest BCUT2D eigenvalue weighted by atomic mass is 79.9. The third-order valence-electron chi connectivity index (χ3n) is 3.60. The Labute approximate surface area is 127 Å². The van der Waals surface area contributed by atoms with Gasteiger partial charge < -0.3 is 14.7 Å². The number of hydrogen-bond acceptors (Lipinski definition) is 3. The van der Waals surface area contributed by atoms with Crippen molar-refractivity contribution < 1.29 is 14.6 Å². The molecule has 2 rings (SSSR count). The normalized spacial score (nSPS) is 16.4. The second-order valence-corrected chi connectivity index (χ2v) is 5.85. The number of piperidine rings is 1. The first kappa shape index (κ1) is 15.3. The summed E-state index contributed by atoms with van der Waals surface area (Å²) in [5, 5.41) is 10.4. The van der Waals surface area contributed by atoms with Crippen LogP contribution < -0.4 is 0 Å². The van der Waals surface area contributed by atoms with Gasteiger partial charge in [0.15, 0.2) is 0 Å². The van der Waals surface area contributed by atoms with Crippen molar-refractivity contribution in [3.63, 3.8) is 0 Å². The van der Waals surface area contributed by atoms with Crippen molar-refractivity contribution in [1.82, 2.24) is 4.90 Å². The minimum Gasteiger partial charge on any atom is -0.508 e. The van der Waals surface area contributed by atoms with Gasteiger partial charge >= 0.3 is 0 Å². The average Bonchev–Trinajstić information content (AvgIpc) is 2.48. The van der Waals surface area contributed by atoms with Crippen molar-refractivity contribution in [3.05, 3.63) is 29.3 Å². The first-order valence-corrected chi connectivity index (χ1v) is 8.00. The molecular formula is C15H20BrNO3. The summed E-state index contributed by atoms with van der Waals surface area (Å²) in [6.07, 6.45) is 2.03. The number of aryl methyl sites for hydroxylation is 1. The molecule has 0 atom stereocenters. The van der Waals surface area contributed by atoms with Crippen molar-refractivity contribution in [2.75, 3.05) is 25.0 Å². The van der Waals surface area contributed by atoms with Crippen LogP contribution in [-0.2, 0) is 4.74 Å². The molecular weight excluding hydrogens is 322 g/mol. The molecule has 5 heteroatoms. The Morgan fingerprint density at radius 2 is 2.15 bits per heavy atom. The molecule has 1 heterocycles. The second kappa shape index (κ2) is 7.09. The van der Waals surface area contributed by atoms with E-state index in [2.05, 4.69) is 15.9 Å². The van der Waals surface area contributed by atoms with Crippen LogP contribution in [0.15, 0.2) is 18.2 Å². The Morgan fingerprint density at radius 3 is 2.75 bits per heavy atom. The summed E-state index contributed by atoms with van der Waals surface area (Å²) >= 11 is 3.34. The molecule has 1 aromatic carbocycles. The first-order valence-electron chi connectivity index (χ1n) is 6.88. The number of rotatable bonds is 4. The lowest BCUT2D eigenvalue weighted by molar-refractivity contribution is 0.0160. The van der Waals surface area contributed by atoms with E-state index in [-0.39, 0.29) is 17.8 Å². The van der Waals surface area contributed by atoms with Gasteiger partial charge in [0, 0.05) is 24.0 Å². The van der Waals surface area contributed by atoms with Gasteiger partial charge in [-0.3, -0.25) is 4.79 Å². The maximum atomic E-state index is 12.4. The van der Waals surface area contributed by atoms with E-state index in [4.69, 9.17) is 4.74 Å². The highest BCUT2D eigenvalue weighted by Crippen LogP contribution is 2.20. The average molecular weight is 342 g/mol. The van der Waals surface area contributed by atoms with Gasteiger partial charge in [-0.05, 0) is 43.5 Å². The van der Waals surface area contributed by atoms with Gasteiger partial charge in [0.25, 0.3) is 5.91 Å². The quantitative estimate of drug-likeness (QED) is 0.856. The lowest BCUT2D eigenvalue weighted by Gasteiger charge is -2.32. The predicted octanol–water partition coefficient (Wildman–Crippen LogP) is 2.72. The summed E-state index contributed by atoms with van der Waals surface area (Å²) in [5.41, 5.74) is 1.37. The van der Waals surface area contributed by atoms with E-state index in [0.717, 1.165) is 43.4 Å². The molecule has 1 aliphatic heterocycles. The van der Waals surface area contributed by atoms with Gasteiger partial charge in [-0.25, -0.2) is 0 Å². The number of carbonyl (C=O) groups is 1. The largest absolute Gasteiger partial charge is 0.508 e. The number of ether oxygens (including phenoxy) is 1. The van der Waals surface area contributed by atoms with Crippen LogP contribution in [0.3, 0.4) is 0 Å². The molecule has 20 heavy (non-hydrogen) atoms. The van der Waals surface area contributed by atoms with E-state index < -0.39 is 0 Å². The van der Waals surface area contributed by atoms with E-state index in [1.807, 2.05) is 4.90 Å². The van der Waals surface area contributed by atoms with Gasteiger partial charge in [0.05, 0.1) is 12.7 Å².